The first-order chi connectivity index (χ1) is 18.7. The maximum Gasteiger partial charge on any atom is 0.155 e. The molecule has 0 heterocycles. The zero-order chi connectivity index (χ0) is 28.8. The predicted octanol–water partition coefficient (Wildman–Crippen LogP) is 6.72. The van der Waals surface area contributed by atoms with E-state index < -0.39 is 6.23 Å². The van der Waals surface area contributed by atoms with E-state index in [0.29, 0.717) is 48.9 Å². The van der Waals surface area contributed by atoms with Gasteiger partial charge in [0.2, 0.25) is 0 Å². The number of allylic oxidation sites excluding steroid dienone is 3. The maximum atomic E-state index is 11.3. The van der Waals surface area contributed by atoms with Gasteiger partial charge in [0.15, 0.2) is 6.23 Å². The first-order valence-corrected chi connectivity index (χ1v) is 13.8. The lowest BCUT2D eigenvalue weighted by Gasteiger charge is -2.22. The number of amidine groups is 1. The molecule has 0 saturated heterocycles. The number of nitrogens with one attached hydrogen (secondary N) is 2. The van der Waals surface area contributed by atoms with E-state index in [1.807, 2.05) is 63.4 Å². The second kappa shape index (κ2) is 16.6. The topological polar surface area (TPSA) is 75.1 Å². The summed E-state index contributed by atoms with van der Waals surface area (Å²) in [7, 11) is 1.83. The van der Waals surface area contributed by atoms with Crippen molar-refractivity contribution in [3.8, 4) is 11.5 Å². The average molecular weight is 534 g/mol. The number of hydrogen-bond donors (Lipinski definition) is 3. The second-order valence-electron chi connectivity index (χ2n) is 10.3. The molecule has 3 N–H and O–H groups in total. The third-order valence-corrected chi connectivity index (χ3v) is 6.33. The van der Waals surface area contributed by atoms with Crippen LogP contribution in [0.5, 0.6) is 11.5 Å². The van der Waals surface area contributed by atoms with Gasteiger partial charge in [0.25, 0.3) is 0 Å². The van der Waals surface area contributed by atoms with Crippen LogP contribution in [0, 0.1) is 18.8 Å². The zero-order valence-corrected chi connectivity index (χ0v) is 24.8. The van der Waals surface area contributed by atoms with Crippen molar-refractivity contribution in [3.63, 3.8) is 0 Å². The summed E-state index contributed by atoms with van der Waals surface area (Å²) in [5, 5.41) is 17.5. The summed E-state index contributed by atoms with van der Waals surface area (Å²) >= 11 is 0. The van der Waals surface area contributed by atoms with E-state index >= 15 is 0 Å². The first-order valence-electron chi connectivity index (χ1n) is 13.8. The van der Waals surface area contributed by atoms with E-state index in [1.165, 1.54) is 0 Å². The number of aliphatic hydroxyl groups is 1. The second-order valence-corrected chi connectivity index (χ2v) is 10.3. The summed E-state index contributed by atoms with van der Waals surface area (Å²) in [5.74, 6) is 2.96. The number of rotatable bonds is 15. The molecule has 2 atom stereocenters. The van der Waals surface area contributed by atoms with Gasteiger partial charge in [0.05, 0.1) is 13.3 Å². The third kappa shape index (κ3) is 10.7. The van der Waals surface area contributed by atoms with Crippen LogP contribution in [0.4, 0.5) is 0 Å². The Morgan fingerprint density at radius 3 is 2.46 bits per heavy atom. The monoisotopic (exact) mass is 533 g/mol. The van der Waals surface area contributed by atoms with E-state index in [2.05, 4.69) is 68.1 Å². The molecule has 2 unspecified atom stereocenters. The minimum Gasteiger partial charge on any atom is -0.493 e. The van der Waals surface area contributed by atoms with E-state index in [9.17, 15) is 5.11 Å². The smallest absolute Gasteiger partial charge is 0.155 e. The molecule has 0 fully saturated rings. The van der Waals surface area contributed by atoms with Crippen LogP contribution in [0.1, 0.15) is 64.0 Å². The summed E-state index contributed by atoms with van der Waals surface area (Å²) in [6.07, 6.45) is 6.42. The fourth-order valence-corrected chi connectivity index (χ4v) is 3.60. The lowest BCUT2D eigenvalue weighted by Crippen LogP contribution is -2.31. The van der Waals surface area contributed by atoms with Crippen molar-refractivity contribution in [3.05, 3.63) is 95.1 Å². The van der Waals surface area contributed by atoms with Gasteiger partial charge in [-0.2, -0.15) is 0 Å². The van der Waals surface area contributed by atoms with Gasteiger partial charge in [-0.25, -0.2) is 0 Å². The highest BCUT2D eigenvalue weighted by Gasteiger charge is 2.19. The molecular weight excluding hydrogens is 486 g/mol. The van der Waals surface area contributed by atoms with Crippen molar-refractivity contribution in [2.24, 2.45) is 16.8 Å². The Hall–Kier alpha value is -3.35. The lowest BCUT2D eigenvalue weighted by molar-refractivity contribution is 0.157. The predicted molar refractivity (Wildman–Crippen MR) is 164 cm³/mol. The number of aliphatic imine (C=N–C) groups is 1. The molecule has 6 heteroatoms. The Balaban J connectivity index is 2.19. The van der Waals surface area contributed by atoms with Gasteiger partial charge >= 0.3 is 0 Å². The van der Waals surface area contributed by atoms with Crippen molar-refractivity contribution in [1.82, 2.24) is 10.6 Å². The highest BCUT2D eigenvalue weighted by Crippen LogP contribution is 2.28. The Labute approximate surface area is 235 Å². The van der Waals surface area contributed by atoms with Crippen LogP contribution >= 0.6 is 0 Å². The van der Waals surface area contributed by atoms with Gasteiger partial charge in [-0.1, -0.05) is 71.1 Å². The fourth-order valence-electron chi connectivity index (χ4n) is 3.60. The number of hydrogen-bond acceptors (Lipinski definition) is 5. The molecule has 0 saturated carbocycles. The molecule has 0 radical (unpaired) electrons. The highest BCUT2D eigenvalue weighted by molar-refractivity contribution is 5.99. The number of nitrogens with zero attached hydrogens (tertiary/aromatic N) is 1. The minimum atomic E-state index is -1.03. The van der Waals surface area contributed by atoms with Gasteiger partial charge in [0, 0.05) is 11.1 Å². The number of benzene rings is 2. The molecule has 0 bridgehead atoms. The SMILES string of the molecule is C=C(COc1cccc(C)c1C(O)N/C(=N\CNC)c1ccc(OCC(C)C)cc1)/C(C)=C\C=C/C(C)CC. The van der Waals surface area contributed by atoms with E-state index in [4.69, 9.17) is 9.47 Å². The number of aliphatic hydroxyl groups excluding tert-OH is 1. The molecule has 212 valence electrons. The summed E-state index contributed by atoms with van der Waals surface area (Å²) in [6, 6.07) is 13.5. The largest absolute Gasteiger partial charge is 0.493 e. The molecule has 6 nitrogen and oxygen atoms in total. The van der Waals surface area contributed by atoms with Gasteiger partial charge < -0.3 is 25.2 Å². The molecule has 0 amide bonds. The molecule has 39 heavy (non-hydrogen) atoms. The van der Waals surface area contributed by atoms with Crippen LogP contribution in [0.15, 0.2) is 83.4 Å². The van der Waals surface area contributed by atoms with Crippen LogP contribution in [0.3, 0.4) is 0 Å². The van der Waals surface area contributed by atoms with E-state index in [1.54, 1.807) is 0 Å². The Morgan fingerprint density at radius 2 is 1.82 bits per heavy atom. The van der Waals surface area contributed by atoms with Crippen LogP contribution in [0.2, 0.25) is 0 Å². The molecule has 0 spiro atoms. The van der Waals surface area contributed by atoms with Crippen LogP contribution in [-0.4, -0.2) is 37.9 Å². The van der Waals surface area contributed by atoms with Gasteiger partial charge in [0.1, 0.15) is 23.9 Å². The molecule has 2 aromatic rings. The van der Waals surface area contributed by atoms with Gasteiger partial charge in [-0.15, -0.1) is 0 Å². The molecule has 0 aliphatic heterocycles. The van der Waals surface area contributed by atoms with Crippen molar-refractivity contribution >= 4 is 5.84 Å². The van der Waals surface area contributed by atoms with E-state index in [-0.39, 0.29) is 0 Å². The molecule has 0 aliphatic rings. The summed E-state index contributed by atoms with van der Waals surface area (Å²) in [4.78, 5) is 4.61. The summed E-state index contributed by atoms with van der Waals surface area (Å²) < 4.78 is 12.0. The minimum absolute atomic E-state index is 0.321. The van der Waals surface area contributed by atoms with E-state index in [0.717, 1.165) is 34.4 Å². The fraction of sp³-hybridized carbons (Fsp3) is 0.424. The zero-order valence-electron chi connectivity index (χ0n) is 24.8. The summed E-state index contributed by atoms with van der Waals surface area (Å²) in [6.45, 7) is 18.2. The Morgan fingerprint density at radius 1 is 1.10 bits per heavy atom. The van der Waals surface area contributed by atoms with Gasteiger partial charge in [-0.05, 0) is 79.8 Å². The maximum absolute atomic E-state index is 11.3. The average Bonchev–Trinajstić information content (AvgIpc) is 2.92. The van der Waals surface area contributed by atoms with Crippen molar-refractivity contribution in [1.29, 1.82) is 0 Å². The lowest BCUT2D eigenvalue weighted by atomic mass is 10.0. The Kier molecular flexibility index (Phi) is 13.5. The Bertz CT molecular complexity index is 1130. The standard InChI is InChI=1S/C33H47N3O3/c1-9-24(4)12-10-13-25(5)27(7)21-39-30-15-11-14-26(6)31(30)33(37)36-32(35-22-34-8)28-16-18-29(19-17-28)38-20-23(2)3/h10-19,23-24,33-34,37H,7,9,20-22H2,1-6,8H3,(H,35,36)/b12-10-,25-13-. The molecule has 0 aliphatic carbocycles. The number of aryl methyl sites for hydroxylation is 1. The molecule has 0 aromatic heterocycles. The molecule has 2 aromatic carbocycles. The normalized spacial score (nSPS) is 14.0. The van der Waals surface area contributed by atoms with Crippen molar-refractivity contribution in [2.45, 2.75) is 54.2 Å². The van der Waals surface area contributed by atoms with Crippen LogP contribution in [-0.2, 0) is 0 Å². The van der Waals surface area contributed by atoms with Gasteiger partial charge in [-0.3, -0.25) is 4.99 Å². The van der Waals surface area contributed by atoms with Crippen molar-refractivity contribution < 1.29 is 14.6 Å². The van der Waals surface area contributed by atoms with Crippen LogP contribution in [0.25, 0.3) is 0 Å². The van der Waals surface area contributed by atoms with Crippen LogP contribution < -0.4 is 20.1 Å². The van der Waals surface area contributed by atoms with Crippen molar-refractivity contribution in [2.75, 3.05) is 26.9 Å². The molecular formula is C33H47N3O3. The quantitative estimate of drug-likeness (QED) is 0.103. The summed E-state index contributed by atoms with van der Waals surface area (Å²) in [5.41, 5.74) is 4.36. The number of ether oxygens (including phenoxy) is 2. The molecule has 2 rings (SSSR count). The first kappa shape index (κ1) is 31.9. The third-order valence-electron chi connectivity index (χ3n) is 6.33. The highest BCUT2D eigenvalue weighted by atomic mass is 16.5.